The molecule has 0 spiro atoms. The molecule has 2 aromatic rings. The van der Waals surface area contributed by atoms with Gasteiger partial charge in [0.25, 0.3) is 5.91 Å². The molecule has 2 aliphatic rings. The van der Waals surface area contributed by atoms with Gasteiger partial charge in [0.1, 0.15) is 6.33 Å². The van der Waals surface area contributed by atoms with E-state index in [1.807, 2.05) is 24.3 Å². The van der Waals surface area contributed by atoms with Gasteiger partial charge in [-0.1, -0.05) is 6.42 Å². The molecule has 3 heterocycles. The van der Waals surface area contributed by atoms with Gasteiger partial charge in [0.05, 0.1) is 5.69 Å². The maximum absolute atomic E-state index is 12.5. The summed E-state index contributed by atoms with van der Waals surface area (Å²) in [6.45, 7) is 3.23. The third-order valence-electron chi connectivity index (χ3n) is 5.50. The van der Waals surface area contributed by atoms with E-state index in [4.69, 9.17) is 0 Å². The number of rotatable bonds is 4. The molecule has 1 amide bonds. The summed E-state index contributed by atoms with van der Waals surface area (Å²) < 4.78 is 1.57. The van der Waals surface area contributed by atoms with Crippen LogP contribution in [0.2, 0.25) is 0 Å². The number of nitrogens with one attached hydrogen (secondary N) is 1. The van der Waals surface area contributed by atoms with Gasteiger partial charge in [-0.3, -0.25) is 4.79 Å². The molecule has 2 fully saturated rings. The number of benzene rings is 1. The maximum Gasteiger partial charge on any atom is 0.251 e. The molecule has 7 heteroatoms. The molecule has 0 bridgehead atoms. The van der Waals surface area contributed by atoms with Gasteiger partial charge in [0.15, 0.2) is 0 Å². The largest absolute Gasteiger partial charge is 0.352 e. The zero-order chi connectivity index (χ0) is 17.1. The van der Waals surface area contributed by atoms with Crippen LogP contribution in [0.1, 0.15) is 42.5 Å². The van der Waals surface area contributed by atoms with Crippen LogP contribution in [0.3, 0.4) is 0 Å². The van der Waals surface area contributed by atoms with Crippen molar-refractivity contribution in [3.63, 3.8) is 0 Å². The number of carbonyl (C=O) groups excluding carboxylic acids is 1. The first-order chi connectivity index (χ1) is 12.3. The van der Waals surface area contributed by atoms with E-state index in [1.54, 1.807) is 4.68 Å². The fourth-order valence-electron chi connectivity index (χ4n) is 4.19. The lowest BCUT2D eigenvalue weighted by atomic mass is 9.83. The van der Waals surface area contributed by atoms with Crippen molar-refractivity contribution in [2.75, 3.05) is 19.6 Å². The molecule has 2 atom stereocenters. The second-order valence-corrected chi connectivity index (χ2v) is 7.01. The van der Waals surface area contributed by atoms with Crippen molar-refractivity contribution in [2.45, 2.75) is 38.1 Å². The Morgan fingerprint density at radius 3 is 2.76 bits per heavy atom. The number of amides is 1. The summed E-state index contributed by atoms with van der Waals surface area (Å²) in [5, 5.41) is 14.2. The Labute approximate surface area is 147 Å². The number of fused-ring (bicyclic) bond motifs is 1. The van der Waals surface area contributed by atoms with Crippen LogP contribution in [-0.2, 0) is 0 Å². The highest BCUT2D eigenvalue weighted by Gasteiger charge is 2.32. The van der Waals surface area contributed by atoms with Crippen molar-refractivity contribution in [3.8, 4) is 5.69 Å². The molecule has 1 aromatic heterocycles. The van der Waals surface area contributed by atoms with Crippen molar-refractivity contribution in [2.24, 2.45) is 5.92 Å². The number of nitrogens with zero attached hydrogens (tertiary/aromatic N) is 5. The monoisotopic (exact) mass is 340 g/mol. The summed E-state index contributed by atoms with van der Waals surface area (Å²) in [6.07, 6.45) is 7.93. The Morgan fingerprint density at radius 2 is 1.96 bits per heavy atom. The molecule has 0 unspecified atom stereocenters. The number of hydrogen-bond acceptors (Lipinski definition) is 5. The molecule has 0 saturated carbocycles. The molecular formula is C18H24N6O. The van der Waals surface area contributed by atoms with Crippen molar-refractivity contribution in [1.29, 1.82) is 0 Å². The van der Waals surface area contributed by atoms with E-state index in [0.717, 1.165) is 12.2 Å². The summed E-state index contributed by atoms with van der Waals surface area (Å²) in [6, 6.07) is 8.01. The molecule has 0 aliphatic carbocycles. The van der Waals surface area contributed by atoms with Crippen molar-refractivity contribution < 1.29 is 4.79 Å². The lowest BCUT2D eigenvalue weighted by Crippen LogP contribution is -2.51. The lowest BCUT2D eigenvalue weighted by molar-refractivity contribution is 0.0575. The van der Waals surface area contributed by atoms with E-state index in [-0.39, 0.29) is 5.91 Å². The van der Waals surface area contributed by atoms with Crippen LogP contribution >= 0.6 is 0 Å². The second-order valence-electron chi connectivity index (χ2n) is 7.01. The smallest absolute Gasteiger partial charge is 0.251 e. The number of carbonyl (C=O) groups is 1. The highest BCUT2D eigenvalue weighted by atomic mass is 16.1. The summed E-state index contributed by atoms with van der Waals surface area (Å²) >= 11 is 0. The fraction of sp³-hybridized carbons (Fsp3) is 0.556. The first kappa shape index (κ1) is 16.2. The summed E-state index contributed by atoms with van der Waals surface area (Å²) in [5.41, 5.74) is 1.51. The standard InChI is InChI=1S/C18H24N6O/c25-18(14-6-8-16(9-7-14)24-13-20-21-22-24)19-12-15-4-3-11-23-10-2-1-5-17(15)23/h6-9,13,15,17H,1-5,10-12H2,(H,19,25)/t15-,17+/m0/s1. The summed E-state index contributed by atoms with van der Waals surface area (Å²) in [4.78, 5) is 15.1. The third kappa shape index (κ3) is 3.56. The average Bonchev–Trinajstić information content (AvgIpc) is 3.21. The van der Waals surface area contributed by atoms with E-state index in [0.29, 0.717) is 17.5 Å². The number of tetrazole rings is 1. The highest BCUT2D eigenvalue weighted by molar-refractivity contribution is 5.94. The first-order valence-electron chi connectivity index (χ1n) is 9.17. The Balaban J connectivity index is 1.35. The minimum Gasteiger partial charge on any atom is -0.352 e. The van der Waals surface area contributed by atoms with Crippen LogP contribution in [-0.4, -0.2) is 56.7 Å². The Hall–Kier alpha value is -2.28. The van der Waals surface area contributed by atoms with E-state index in [2.05, 4.69) is 25.7 Å². The molecule has 7 nitrogen and oxygen atoms in total. The molecule has 1 N–H and O–H groups in total. The third-order valence-corrected chi connectivity index (χ3v) is 5.50. The quantitative estimate of drug-likeness (QED) is 0.916. The van der Waals surface area contributed by atoms with Crippen LogP contribution < -0.4 is 5.32 Å². The zero-order valence-electron chi connectivity index (χ0n) is 14.3. The average molecular weight is 340 g/mol. The van der Waals surface area contributed by atoms with Gasteiger partial charge in [-0.15, -0.1) is 5.10 Å². The molecule has 1 aromatic carbocycles. The van der Waals surface area contributed by atoms with Gasteiger partial charge >= 0.3 is 0 Å². The van der Waals surface area contributed by atoms with Gasteiger partial charge in [0, 0.05) is 18.2 Å². The van der Waals surface area contributed by atoms with Crippen LogP contribution in [0.25, 0.3) is 5.69 Å². The fourth-order valence-corrected chi connectivity index (χ4v) is 4.19. The maximum atomic E-state index is 12.5. The van der Waals surface area contributed by atoms with E-state index < -0.39 is 0 Å². The van der Waals surface area contributed by atoms with Gasteiger partial charge in [-0.2, -0.15) is 0 Å². The van der Waals surface area contributed by atoms with E-state index in [9.17, 15) is 4.79 Å². The topological polar surface area (TPSA) is 75.9 Å². The first-order valence-corrected chi connectivity index (χ1v) is 9.17. The highest BCUT2D eigenvalue weighted by Crippen LogP contribution is 2.30. The van der Waals surface area contributed by atoms with Gasteiger partial charge < -0.3 is 10.2 Å². The van der Waals surface area contributed by atoms with Crippen molar-refractivity contribution in [1.82, 2.24) is 30.4 Å². The molecule has 2 saturated heterocycles. The summed E-state index contributed by atoms with van der Waals surface area (Å²) in [7, 11) is 0. The van der Waals surface area contributed by atoms with Gasteiger partial charge in [-0.25, -0.2) is 4.68 Å². The minimum atomic E-state index is -0.00352. The minimum absolute atomic E-state index is 0.00352. The van der Waals surface area contributed by atoms with Gasteiger partial charge in [0.2, 0.25) is 0 Å². The second kappa shape index (κ2) is 7.31. The molecule has 25 heavy (non-hydrogen) atoms. The van der Waals surface area contributed by atoms with Crippen molar-refractivity contribution >= 4 is 5.91 Å². The zero-order valence-corrected chi connectivity index (χ0v) is 14.3. The SMILES string of the molecule is O=C(NC[C@@H]1CCCN2CCCC[C@H]12)c1ccc(-n2cnnn2)cc1. The Kier molecular flexibility index (Phi) is 4.74. The lowest BCUT2D eigenvalue weighted by Gasteiger charge is -2.44. The molecule has 4 rings (SSSR count). The normalized spacial score (nSPS) is 23.8. The summed E-state index contributed by atoms with van der Waals surface area (Å²) in [5.74, 6) is 0.578. The van der Waals surface area contributed by atoms with E-state index >= 15 is 0 Å². The predicted molar refractivity (Wildman–Crippen MR) is 93.4 cm³/mol. The molecular weight excluding hydrogens is 316 g/mol. The number of aromatic nitrogens is 4. The Bertz CT molecular complexity index is 697. The van der Waals surface area contributed by atoms with Crippen LogP contribution in [0.4, 0.5) is 0 Å². The Morgan fingerprint density at radius 1 is 1.12 bits per heavy atom. The number of piperidine rings is 2. The molecule has 2 aliphatic heterocycles. The molecule has 0 radical (unpaired) electrons. The predicted octanol–water partition coefficient (Wildman–Crippen LogP) is 1.66. The van der Waals surface area contributed by atoms with Crippen LogP contribution in [0.5, 0.6) is 0 Å². The van der Waals surface area contributed by atoms with Crippen LogP contribution in [0.15, 0.2) is 30.6 Å². The van der Waals surface area contributed by atoms with Crippen molar-refractivity contribution in [3.05, 3.63) is 36.2 Å². The molecule has 132 valence electrons. The van der Waals surface area contributed by atoms with Crippen LogP contribution in [0, 0.1) is 5.92 Å². The number of hydrogen-bond donors (Lipinski definition) is 1. The van der Waals surface area contributed by atoms with Gasteiger partial charge in [-0.05, 0) is 79.4 Å². The van der Waals surface area contributed by atoms with E-state index in [1.165, 1.54) is 51.5 Å².